The van der Waals surface area contributed by atoms with E-state index in [-0.39, 0.29) is 14.6 Å². The molecule has 2 aromatic rings. The summed E-state index contributed by atoms with van der Waals surface area (Å²) in [6, 6.07) is 6.29. The highest BCUT2D eigenvalue weighted by Crippen LogP contribution is 2.25. The van der Waals surface area contributed by atoms with Crippen molar-refractivity contribution in [1.29, 1.82) is 0 Å². The average Bonchev–Trinajstić information content (AvgIpc) is 2.78. The van der Waals surface area contributed by atoms with Crippen molar-refractivity contribution < 1.29 is 13.2 Å². The van der Waals surface area contributed by atoms with Gasteiger partial charge in [0.25, 0.3) is 10.0 Å². The summed E-state index contributed by atoms with van der Waals surface area (Å²) < 4.78 is 26.6. The van der Waals surface area contributed by atoms with Gasteiger partial charge in [0.05, 0.1) is 6.20 Å². The van der Waals surface area contributed by atoms with Gasteiger partial charge in [-0.05, 0) is 24.3 Å². The summed E-state index contributed by atoms with van der Waals surface area (Å²) in [5.41, 5.74) is 0.963. The Kier molecular flexibility index (Phi) is 4.26. The summed E-state index contributed by atoms with van der Waals surface area (Å²) in [6.45, 7) is 1.39. The molecule has 0 atom stereocenters. The van der Waals surface area contributed by atoms with Crippen LogP contribution in [0.1, 0.15) is 6.92 Å². The van der Waals surface area contributed by atoms with Crippen molar-refractivity contribution in [1.82, 2.24) is 4.98 Å². The van der Waals surface area contributed by atoms with Gasteiger partial charge in [-0.15, -0.1) is 0 Å². The third-order valence-electron chi connectivity index (χ3n) is 2.18. The van der Waals surface area contributed by atoms with Crippen molar-refractivity contribution in [2.75, 3.05) is 10.0 Å². The molecule has 106 valence electrons. The molecule has 0 radical (unpaired) electrons. The molecule has 0 unspecified atom stereocenters. The van der Waals surface area contributed by atoms with Crippen molar-refractivity contribution in [3.8, 4) is 0 Å². The normalized spacial score (nSPS) is 11.1. The number of aromatic nitrogens is 1. The highest BCUT2D eigenvalue weighted by molar-refractivity contribution is 7.94. The Labute approximate surface area is 124 Å². The number of halogens is 1. The minimum Gasteiger partial charge on any atom is -0.326 e. The number of thiazole rings is 1. The Morgan fingerprint density at radius 2 is 1.85 bits per heavy atom. The number of carbonyl (C=O) groups excluding carboxylic acids is 1. The number of carbonyl (C=O) groups is 1. The van der Waals surface area contributed by atoms with Gasteiger partial charge in [0.1, 0.15) is 0 Å². The van der Waals surface area contributed by atoms with Crippen LogP contribution in [0.3, 0.4) is 0 Å². The van der Waals surface area contributed by atoms with Crippen LogP contribution >= 0.6 is 22.9 Å². The van der Waals surface area contributed by atoms with Gasteiger partial charge in [-0.2, -0.15) is 0 Å². The fraction of sp³-hybridized carbons (Fsp3) is 0.0909. The van der Waals surface area contributed by atoms with Crippen LogP contribution in [0.2, 0.25) is 4.47 Å². The summed E-state index contributed by atoms with van der Waals surface area (Å²) in [5, 5.41) is 2.59. The zero-order valence-electron chi connectivity index (χ0n) is 10.3. The lowest BCUT2D eigenvalue weighted by Crippen LogP contribution is -2.11. The SMILES string of the molecule is CC(=O)Nc1ccc(NS(=O)(=O)c2cnc(Cl)s2)cc1. The van der Waals surface area contributed by atoms with Crippen LogP contribution in [-0.2, 0) is 14.8 Å². The standard InChI is InChI=1S/C11H10ClN3O3S2/c1-7(16)14-8-2-4-9(5-3-8)15-20(17,18)10-6-13-11(12)19-10/h2-6,15H,1H3,(H,14,16). The molecule has 9 heteroatoms. The second-order valence-electron chi connectivity index (χ2n) is 3.80. The predicted molar refractivity (Wildman–Crippen MR) is 78.7 cm³/mol. The second-order valence-corrected chi connectivity index (χ2v) is 7.32. The molecular weight excluding hydrogens is 322 g/mol. The van der Waals surface area contributed by atoms with Gasteiger partial charge < -0.3 is 5.32 Å². The van der Waals surface area contributed by atoms with Crippen molar-refractivity contribution in [3.05, 3.63) is 34.9 Å². The molecule has 1 aromatic heterocycles. The zero-order valence-corrected chi connectivity index (χ0v) is 12.6. The second kappa shape index (κ2) is 5.78. The molecule has 6 nitrogen and oxygen atoms in total. The maximum Gasteiger partial charge on any atom is 0.273 e. The maximum absolute atomic E-state index is 12.0. The Bertz CT molecular complexity index is 726. The van der Waals surface area contributed by atoms with E-state index < -0.39 is 10.0 Å². The van der Waals surface area contributed by atoms with Gasteiger partial charge in [-0.3, -0.25) is 9.52 Å². The van der Waals surface area contributed by atoms with Crippen LogP contribution < -0.4 is 10.0 Å². The van der Waals surface area contributed by atoms with Crippen LogP contribution in [0.4, 0.5) is 11.4 Å². The number of nitrogens with one attached hydrogen (secondary N) is 2. The Morgan fingerprint density at radius 1 is 1.25 bits per heavy atom. The van der Waals surface area contributed by atoms with Gasteiger partial charge >= 0.3 is 0 Å². The summed E-state index contributed by atoms with van der Waals surface area (Å²) in [5.74, 6) is -0.197. The van der Waals surface area contributed by atoms with Gasteiger partial charge in [0.2, 0.25) is 5.91 Å². The van der Waals surface area contributed by atoms with E-state index in [2.05, 4.69) is 15.0 Å². The molecule has 0 aliphatic rings. The molecule has 1 amide bonds. The minimum atomic E-state index is -3.69. The van der Waals surface area contributed by atoms with Gasteiger partial charge in [-0.25, -0.2) is 13.4 Å². The molecule has 0 bridgehead atoms. The molecule has 0 saturated heterocycles. The quantitative estimate of drug-likeness (QED) is 0.901. The lowest BCUT2D eigenvalue weighted by atomic mass is 10.3. The van der Waals surface area contributed by atoms with E-state index in [1.807, 2.05) is 0 Å². The van der Waals surface area contributed by atoms with E-state index in [0.29, 0.717) is 11.4 Å². The highest BCUT2D eigenvalue weighted by Gasteiger charge is 2.17. The Morgan fingerprint density at radius 3 is 2.35 bits per heavy atom. The number of hydrogen-bond acceptors (Lipinski definition) is 5. The van der Waals surface area contributed by atoms with E-state index in [0.717, 1.165) is 11.3 Å². The molecule has 0 aliphatic heterocycles. The van der Waals surface area contributed by atoms with Crippen LogP contribution in [0.15, 0.2) is 34.7 Å². The number of nitrogens with zero attached hydrogens (tertiary/aromatic N) is 1. The molecule has 0 spiro atoms. The average molecular weight is 332 g/mol. The number of amides is 1. The fourth-order valence-corrected chi connectivity index (χ4v) is 3.75. The topological polar surface area (TPSA) is 88.2 Å². The molecule has 0 aliphatic carbocycles. The molecule has 2 N–H and O–H groups in total. The lowest BCUT2D eigenvalue weighted by Gasteiger charge is -2.07. The van der Waals surface area contributed by atoms with E-state index in [4.69, 9.17) is 11.6 Å². The van der Waals surface area contributed by atoms with Crippen LogP contribution in [-0.4, -0.2) is 19.3 Å². The van der Waals surface area contributed by atoms with Crippen LogP contribution in [0.25, 0.3) is 0 Å². The Hall–Kier alpha value is -1.64. The third kappa shape index (κ3) is 3.69. The molecular formula is C11H10ClN3O3S2. The number of hydrogen-bond donors (Lipinski definition) is 2. The van der Waals surface area contributed by atoms with Gasteiger partial charge in [0, 0.05) is 18.3 Å². The largest absolute Gasteiger partial charge is 0.326 e. The van der Waals surface area contributed by atoms with E-state index in [9.17, 15) is 13.2 Å². The summed E-state index contributed by atoms with van der Waals surface area (Å²) in [4.78, 5) is 14.6. The van der Waals surface area contributed by atoms with Crippen molar-refractivity contribution >= 4 is 50.2 Å². The third-order valence-corrected chi connectivity index (χ3v) is 5.14. The molecule has 1 heterocycles. The van der Waals surface area contributed by atoms with Crippen molar-refractivity contribution in [3.63, 3.8) is 0 Å². The van der Waals surface area contributed by atoms with E-state index >= 15 is 0 Å². The summed E-state index contributed by atoms with van der Waals surface area (Å²) >= 11 is 6.49. The fourth-order valence-electron chi connectivity index (χ4n) is 1.39. The lowest BCUT2D eigenvalue weighted by molar-refractivity contribution is -0.114. The van der Waals surface area contributed by atoms with Crippen LogP contribution in [0.5, 0.6) is 0 Å². The Balaban J connectivity index is 2.15. The van der Waals surface area contributed by atoms with Crippen LogP contribution in [0, 0.1) is 0 Å². The number of anilines is 2. The monoisotopic (exact) mass is 331 g/mol. The first-order chi connectivity index (χ1) is 9.37. The molecule has 0 fully saturated rings. The predicted octanol–water partition coefficient (Wildman–Crippen LogP) is 2.56. The minimum absolute atomic E-state index is 0.0356. The molecule has 2 rings (SSSR count). The number of benzene rings is 1. The first-order valence-corrected chi connectivity index (χ1v) is 8.06. The van der Waals surface area contributed by atoms with Crippen molar-refractivity contribution in [2.24, 2.45) is 0 Å². The maximum atomic E-state index is 12.0. The van der Waals surface area contributed by atoms with Gasteiger partial charge in [0.15, 0.2) is 8.68 Å². The number of sulfonamides is 1. The molecule has 20 heavy (non-hydrogen) atoms. The zero-order chi connectivity index (χ0) is 14.8. The molecule has 1 aromatic carbocycles. The summed E-state index contributed by atoms with van der Waals surface area (Å²) in [6.07, 6.45) is 1.20. The number of rotatable bonds is 4. The van der Waals surface area contributed by atoms with E-state index in [1.54, 1.807) is 24.3 Å². The first kappa shape index (κ1) is 14.8. The summed E-state index contributed by atoms with van der Waals surface area (Å²) in [7, 11) is -3.69. The van der Waals surface area contributed by atoms with Crippen molar-refractivity contribution in [2.45, 2.75) is 11.1 Å². The highest BCUT2D eigenvalue weighted by atomic mass is 35.5. The smallest absolute Gasteiger partial charge is 0.273 e. The van der Waals surface area contributed by atoms with E-state index in [1.165, 1.54) is 13.1 Å². The van der Waals surface area contributed by atoms with Gasteiger partial charge in [-0.1, -0.05) is 22.9 Å². The molecule has 0 saturated carbocycles. The first-order valence-electron chi connectivity index (χ1n) is 5.38.